The van der Waals surface area contributed by atoms with Crippen LogP contribution in [0.4, 0.5) is 17.6 Å². The van der Waals surface area contributed by atoms with Gasteiger partial charge in [0.05, 0.1) is 17.0 Å². The van der Waals surface area contributed by atoms with E-state index in [4.69, 9.17) is 0 Å². The van der Waals surface area contributed by atoms with Crippen LogP contribution in [0, 0.1) is 5.82 Å². The summed E-state index contributed by atoms with van der Waals surface area (Å²) >= 11 is 0. The van der Waals surface area contributed by atoms with Crippen LogP contribution in [0.1, 0.15) is 35.7 Å². The molecule has 4 aromatic rings. The first-order chi connectivity index (χ1) is 17.5. The molecule has 1 N–H and O–H groups in total. The van der Waals surface area contributed by atoms with E-state index in [1.807, 2.05) is 0 Å². The molecule has 194 valence electrons. The Balaban J connectivity index is 1.37. The number of halogens is 4. The second-order valence-electron chi connectivity index (χ2n) is 8.67. The summed E-state index contributed by atoms with van der Waals surface area (Å²) in [7, 11) is -4.39. The standard InChI is InChI=1S/C23H20F4N6O3S/c24-16-7-5-14(6-8-16)13-33-21-19(30-31-33)22(34)29-20(28-21)15-9-11-32(12-10-15)37(35,36)18-4-2-1-3-17(18)23(25,26)27/h1-8,15H,9-13H2,(H,28,29,34). The van der Waals surface area contributed by atoms with E-state index >= 15 is 0 Å². The highest BCUT2D eigenvalue weighted by molar-refractivity contribution is 7.89. The molecule has 0 spiro atoms. The van der Waals surface area contributed by atoms with Crippen LogP contribution in [0.15, 0.2) is 58.2 Å². The molecule has 2 aromatic heterocycles. The Bertz CT molecular complexity index is 1610. The number of hydrogen-bond donors (Lipinski definition) is 1. The first kappa shape index (κ1) is 25.0. The highest BCUT2D eigenvalue weighted by Gasteiger charge is 2.40. The molecule has 0 aliphatic carbocycles. The van der Waals surface area contributed by atoms with Gasteiger partial charge in [-0.05, 0) is 42.7 Å². The quantitative estimate of drug-likeness (QED) is 0.392. The predicted octanol–water partition coefficient (Wildman–Crippen LogP) is 3.29. The van der Waals surface area contributed by atoms with Crippen LogP contribution < -0.4 is 5.56 Å². The average molecular weight is 537 g/mol. The third kappa shape index (κ3) is 4.85. The monoisotopic (exact) mass is 536 g/mol. The van der Waals surface area contributed by atoms with Gasteiger partial charge in [-0.3, -0.25) is 4.79 Å². The SMILES string of the molecule is O=c1[nH]c(C2CCN(S(=O)(=O)c3ccccc3C(F)(F)F)CC2)nc2c1nnn2Cc1ccc(F)cc1. The van der Waals surface area contributed by atoms with Crippen molar-refractivity contribution in [1.82, 2.24) is 29.3 Å². The minimum atomic E-state index is -4.81. The third-order valence-corrected chi connectivity index (χ3v) is 8.25. The second kappa shape index (κ2) is 9.34. The van der Waals surface area contributed by atoms with Crippen LogP contribution in [0.3, 0.4) is 0 Å². The summed E-state index contributed by atoms with van der Waals surface area (Å²) in [6.07, 6.45) is -4.34. The summed E-state index contributed by atoms with van der Waals surface area (Å²) in [6.45, 7) is 0.101. The fourth-order valence-electron chi connectivity index (χ4n) is 4.38. The molecule has 3 heterocycles. The lowest BCUT2D eigenvalue weighted by Crippen LogP contribution is -2.39. The number of fused-ring (bicyclic) bond motifs is 1. The summed E-state index contributed by atoms with van der Waals surface area (Å²) in [5.41, 5.74) is -0.767. The minimum absolute atomic E-state index is 0.0228. The molecule has 0 bridgehead atoms. The van der Waals surface area contributed by atoms with Crippen molar-refractivity contribution < 1.29 is 26.0 Å². The summed E-state index contributed by atoms with van der Waals surface area (Å²) in [5, 5.41) is 7.85. The number of nitrogens with zero attached hydrogens (tertiary/aromatic N) is 5. The van der Waals surface area contributed by atoms with Gasteiger partial charge < -0.3 is 4.98 Å². The van der Waals surface area contributed by atoms with E-state index in [-0.39, 0.29) is 55.4 Å². The fourth-order valence-corrected chi connectivity index (χ4v) is 6.06. The smallest absolute Gasteiger partial charge is 0.308 e. The summed E-state index contributed by atoms with van der Waals surface area (Å²) in [5.74, 6) is -0.414. The number of benzene rings is 2. The Kier molecular flexibility index (Phi) is 6.31. The Hall–Kier alpha value is -3.65. The highest BCUT2D eigenvalue weighted by Crippen LogP contribution is 2.36. The van der Waals surface area contributed by atoms with Gasteiger partial charge in [-0.25, -0.2) is 22.5 Å². The van der Waals surface area contributed by atoms with E-state index < -0.39 is 32.2 Å². The lowest BCUT2D eigenvalue weighted by Gasteiger charge is -2.31. The molecule has 5 rings (SSSR count). The zero-order valence-corrected chi connectivity index (χ0v) is 19.9. The molecule has 0 radical (unpaired) electrons. The molecular formula is C23H20F4N6O3S. The third-order valence-electron chi connectivity index (χ3n) is 6.29. The Morgan fingerprint density at radius 3 is 2.38 bits per heavy atom. The van der Waals surface area contributed by atoms with Crippen LogP contribution in [-0.2, 0) is 22.7 Å². The van der Waals surface area contributed by atoms with Crippen LogP contribution in [0.2, 0.25) is 0 Å². The molecule has 1 aliphatic rings. The van der Waals surface area contributed by atoms with E-state index in [0.29, 0.717) is 5.82 Å². The normalized spacial score (nSPS) is 15.9. The van der Waals surface area contributed by atoms with Crippen molar-refractivity contribution in [1.29, 1.82) is 0 Å². The van der Waals surface area contributed by atoms with E-state index in [9.17, 15) is 30.8 Å². The highest BCUT2D eigenvalue weighted by atomic mass is 32.2. The number of piperidine rings is 1. The van der Waals surface area contributed by atoms with Gasteiger partial charge >= 0.3 is 6.18 Å². The molecule has 0 amide bonds. The van der Waals surface area contributed by atoms with Crippen LogP contribution in [-0.4, -0.2) is 50.8 Å². The van der Waals surface area contributed by atoms with E-state index in [1.54, 1.807) is 12.1 Å². The predicted molar refractivity (Wildman–Crippen MR) is 124 cm³/mol. The van der Waals surface area contributed by atoms with Crippen molar-refractivity contribution in [3.8, 4) is 0 Å². The lowest BCUT2D eigenvalue weighted by molar-refractivity contribution is -0.139. The van der Waals surface area contributed by atoms with Crippen molar-refractivity contribution in [3.05, 3.63) is 81.7 Å². The number of nitrogens with one attached hydrogen (secondary N) is 1. The van der Waals surface area contributed by atoms with Crippen molar-refractivity contribution in [3.63, 3.8) is 0 Å². The zero-order valence-electron chi connectivity index (χ0n) is 19.1. The van der Waals surface area contributed by atoms with Crippen molar-refractivity contribution in [2.75, 3.05) is 13.1 Å². The molecule has 1 fully saturated rings. The molecular weight excluding hydrogens is 516 g/mol. The molecule has 0 unspecified atom stereocenters. The zero-order chi connectivity index (χ0) is 26.4. The fraction of sp³-hybridized carbons (Fsp3) is 0.304. The Labute approximate surface area is 207 Å². The number of sulfonamides is 1. The lowest BCUT2D eigenvalue weighted by atomic mass is 9.97. The van der Waals surface area contributed by atoms with Crippen LogP contribution >= 0.6 is 0 Å². The average Bonchev–Trinajstić information content (AvgIpc) is 3.28. The Morgan fingerprint density at radius 2 is 1.70 bits per heavy atom. The van der Waals surface area contributed by atoms with Crippen LogP contribution in [0.5, 0.6) is 0 Å². The van der Waals surface area contributed by atoms with Gasteiger partial charge in [0.2, 0.25) is 10.0 Å². The largest absolute Gasteiger partial charge is 0.417 e. The van der Waals surface area contributed by atoms with Gasteiger partial charge in [-0.1, -0.05) is 29.5 Å². The Morgan fingerprint density at radius 1 is 1.03 bits per heavy atom. The number of H-pyrrole nitrogens is 1. The van der Waals surface area contributed by atoms with Crippen molar-refractivity contribution >= 4 is 21.2 Å². The molecule has 37 heavy (non-hydrogen) atoms. The summed E-state index contributed by atoms with van der Waals surface area (Å²) in [4.78, 5) is 19.0. The van der Waals surface area contributed by atoms with Gasteiger partial charge in [0.15, 0.2) is 11.2 Å². The molecule has 1 saturated heterocycles. The first-order valence-corrected chi connectivity index (χ1v) is 12.7. The van der Waals surface area contributed by atoms with E-state index in [1.165, 1.54) is 22.9 Å². The van der Waals surface area contributed by atoms with Crippen molar-refractivity contribution in [2.45, 2.75) is 36.4 Å². The van der Waals surface area contributed by atoms with Crippen LogP contribution in [0.25, 0.3) is 11.2 Å². The molecule has 9 nitrogen and oxygen atoms in total. The van der Waals surface area contributed by atoms with Gasteiger partial charge in [-0.2, -0.15) is 17.5 Å². The second-order valence-corrected chi connectivity index (χ2v) is 10.6. The molecule has 0 atom stereocenters. The van der Waals surface area contributed by atoms with Gasteiger partial charge in [-0.15, -0.1) is 5.10 Å². The topological polar surface area (TPSA) is 114 Å². The molecule has 1 aliphatic heterocycles. The van der Waals surface area contributed by atoms with Gasteiger partial charge in [0.1, 0.15) is 11.6 Å². The maximum absolute atomic E-state index is 13.4. The number of rotatable bonds is 5. The number of aromatic nitrogens is 5. The van der Waals surface area contributed by atoms with E-state index in [0.717, 1.165) is 28.1 Å². The number of hydrogen-bond acceptors (Lipinski definition) is 6. The minimum Gasteiger partial charge on any atom is -0.308 e. The molecule has 0 saturated carbocycles. The summed E-state index contributed by atoms with van der Waals surface area (Å²) in [6, 6.07) is 9.83. The number of aromatic amines is 1. The van der Waals surface area contributed by atoms with E-state index in [2.05, 4.69) is 20.3 Å². The van der Waals surface area contributed by atoms with Crippen molar-refractivity contribution in [2.24, 2.45) is 0 Å². The number of alkyl halides is 3. The maximum atomic E-state index is 13.4. The summed E-state index contributed by atoms with van der Waals surface area (Å²) < 4.78 is 81.9. The molecule has 14 heteroatoms. The van der Waals surface area contributed by atoms with Gasteiger partial charge in [0.25, 0.3) is 5.56 Å². The maximum Gasteiger partial charge on any atom is 0.417 e. The first-order valence-electron chi connectivity index (χ1n) is 11.3. The molecule has 2 aromatic carbocycles. The van der Waals surface area contributed by atoms with Gasteiger partial charge in [0, 0.05) is 19.0 Å².